The Morgan fingerprint density at radius 1 is 1.21 bits per heavy atom. The molecule has 1 aliphatic carbocycles. The van der Waals surface area contributed by atoms with Gasteiger partial charge in [0.1, 0.15) is 0 Å². The molecule has 24 heavy (non-hydrogen) atoms. The van der Waals surface area contributed by atoms with Crippen molar-refractivity contribution in [3.05, 3.63) is 30.1 Å². The number of ether oxygens (including phenoxy) is 1. The monoisotopic (exact) mass is 336 g/mol. The molecule has 1 saturated carbocycles. The third-order valence-corrected chi connectivity index (χ3v) is 4.34. The van der Waals surface area contributed by atoms with Crippen LogP contribution in [0, 0.1) is 11.7 Å². The van der Waals surface area contributed by atoms with E-state index < -0.39 is 17.8 Å². The highest BCUT2D eigenvalue weighted by Crippen LogP contribution is 2.27. The smallest absolute Gasteiger partial charge is 0.279 e. The summed E-state index contributed by atoms with van der Waals surface area (Å²) in [6.45, 7) is 1.50. The molecule has 0 aromatic heterocycles. The van der Waals surface area contributed by atoms with Crippen molar-refractivity contribution in [2.75, 3.05) is 0 Å². The lowest BCUT2D eigenvalue weighted by molar-refractivity contribution is -0.132. The lowest BCUT2D eigenvalue weighted by Crippen LogP contribution is -2.47. The molecule has 1 aromatic rings. The Labute approximate surface area is 141 Å². The summed E-state index contributed by atoms with van der Waals surface area (Å²) in [6, 6.07) is 5.87. The van der Waals surface area contributed by atoms with Crippen LogP contribution in [0.3, 0.4) is 0 Å². The molecule has 1 atom stereocenters. The first kappa shape index (κ1) is 18.2. The van der Waals surface area contributed by atoms with Crippen molar-refractivity contribution < 1.29 is 18.7 Å². The van der Waals surface area contributed by atoms with Crippen molar-refractivity contribution in [3.63, 3.8) is 0 Å². The number of amides is 2. The summed E-state index contributed by atoms with van der Waals surface area (Å²) in [6.07, 6.45) is 6.48. The Bertz CT molecular complexity index is 559. The van der Waals surface area contributed by atoms with E-state index in [2.05, 4.69) is 10.9 Å². The van der Waals surface area contributed by atoms with Gasteiger partial charge in [0, 0.05) is 6.42 Å². The van der Waals surface area contributed by atoms with Gasteiger partial charge in [-0.15, -0.1) is 0 Å². The topological polar surface area (TPSA) is 67.4 Å². The molecule has 0 saturated heterocycles. The number of nitrogens with one attached hydrogen (secondary N) is 2. The lowest BCUT2D eigenvalue weighted by atomic mass is 9.86. The molecule has 1 unspecified atom stereocenters. The zero-order chi connectivity index (χ0) is 17.4. The Kier molecular flexibility index (Phi) is 7.03. The van der Waals surface area contributed by atoms with Crippen molar-refractivity contribution in [2.24, 2.45) is 5.92 Å². The largest absolute Gasteiger partial charge is 0.478 e. The SMILES string of the molecule is CC(Oc1ccccc1F)C(=O)NNC(=O)CCC1CCCCC1. The number of rotatable bonds is 6. The van der Waals surface area contributed by atoms with Crippen LogP contribution in [0.15, 0.2) is 24.3 Å². The van der Waals surface area contributed by atoms with Crippen molar-refractivity contribution >= 4 is 11.8 Å². The molecular weight excluding hydrogens is 311 g/mol. The van der Waals surface area contributed by atoms with Crippen LogP contribution in [-0.2, 0) is 9.59 Å². The standard InChI is InChI=1S/C18H25FN2O3/c1-13(24-16-10-6-5-9-15(16)19)18(23)21-20-17(22)12-11-14-7-3-2-4-8-14/h5-6,9-10,13-14H,2-4,7-8,11-12H2,1H3,(H,20,22)(H,21,23). The van der Waals surface area contributed by atoms with Gasteiger partial charge in [0.15, 0.2) is 17.7 Å². The van der Waals surface area contributed by atoms with Gasteiger partial charge >= 0.3 is 0 Å². The van der Waals surface area contributed by atoms with E-state index in [1.165, 1.54) is 51.2 Å². The predicted octanol–water partition coefficient (Wildman–Crippen LogP) is 3.10. The van der Waals surface area contributed by atoms with E-state index >= 15 is 0 Å². The fourth-order valence-corrected chi connectivity index (χ4v) is 2.89. The summed E-state index contributed by atoms with van der Waals surface area (Å²) in [5, 5.41) is 0. The highest BCUT2D eigenvalue weighted by atomic mass is 19.1. The molecule has 6 heteroatoms. The minimum Gasteiger partial charge on any atom is -0.478 e. The van der Waals surface area contributed by atoms with Crippen LogP contribution in [0.25, 0.3) is 0 Å². The summed E-state index contributed by atoms with van der Waals surface area (Å²) >= 11 is 0. The molecule has 0 radical (unpaired) electrons. The Morgan fingerprint density at radius 2 is 1.92 bits per heavy atom. The van der Waals surface area contributed by atoms with Gasteiger partial charge < -0.3 is 4.74 Å². The number of halogens is 1. The zero-order valence-corrected chi connectivity index (χ0v) is 14.0. The molecule has 1 aliphatic rings. The lowest BCUT2D eigenvalue weighted by Gasteiger charge is -2.21. The van der Waals surface area contributed by atoms with Gasteiger partial charge in [-0.3, -0.25) is 20.4 Å². The third-order valence-electron chi connectivity index (χ3n) is 4.34. The molecule has 1 fully saturated rings. The van der Waals surface area contributed by atoms with Crippen molar-refractivity contribution in [1.82, 2.24) is 10.9 Å². The number of hydrogen-bond donors (Lipinski definition) is 2. The maximum atomic E-state index is 13.5. The van der Waals surface area contributed by atoms with Gasteiger partial charge in [0.25, 0.3) is 5.91 Å². The summed E-state index contributed by atoms with van der Waals surface area (Å²) in [5.41, 5.74) is 4.71. The molecule has 5 nitrogen and oxygen atoms in total. The van der Waals surface area contributed by atoms with Crippen molar-refractivity contribution in [2.45, 2.75) is 58.0 Å². The number of hydrazine groups is 1. The second kappa shape index (κ2) is 9.25. The van der Waals surface area contributed by atoms with Crippen LogP contribution in [0.2, 0.25) is 0 Å². The van der Waals surface area contributed by atoms with Gasteiger partial charge in [0.05, 0.1) is 0 Å². The minimum atomic E-state index is -0.916. The van der Waals surface area contributed by atoms with Crippen molar-refractivity contribution in [1.29, 1.82) is 0 Å². The maximum absolute atomic E-state index is 13.5. The average Bonchev–Trinajstić information content (AvgIpc) is 2.60. The molecule has 2 amide bonds. The maximum Gasteiger partial charge on any atom is 0.279 e. The molecule has 2 rings (SSSR count). The fourth-order valence-electron chi connectivity index (χ4n) is 2.89. The van der Waals surface area contributed by atoms with Gasteiger partial charge in [-0.25, -0.2) is 4.39 Å². The van der Waals surface area contributed by atoms with E-state index in [9.17, 15) is 14.0 Å². The molecule has 132 valence electrons. The first-order chi connectivity index (χ1) is 11.6. The van der Waals surface area contributed by atoms with E-state index in [0.29, 0.717) is 12.3 Å². The third kappa shape index (κ3) is 5.83. The van der Waals surface area contributed by atoms with Crippen LogP contribution >= 0.6 is 0 Å². The quantitative estimate of drug-likeness (QED) is 0.785. The highest BCUT2D eigenvalue weighted by molar-refractivity contribution is 5.84. The number of carbonyl (C=O) groups is 2. The Hall–Kier alpha value is -2.11. The second-order valence-electron chi connectivity index (χ2n) is 6.27. The molecule has 0 aliphatic heterocycles. The van der Waals surface area contributed by atoms with E-state index in [0.717, 1.165) is 6.42 Å². The number of hydrogen-bond acceptors (Lipinski definition) is 3. The predicted molar refractivity (Wildman–Crippen MR) is 88.6 cm³/mol. The molecule has 0 bridgehead atoms. The van der Waals surface area contributed by atoms with E-state index in [1.54, 1.807) is 12.1 Å². The van der Waals surface area contributed by atoms with Gasteiger partial charge in [-0.1, -0.05) is 44.2 Å². The van der Waals surface area contributed by atoms with E-state index in [4.69, 9.17) is 4.74 Å². The fraction of sp³-hybridized carbons (Fsp3) is 0.556. The van der Waals surface area contributed by atoms with Crippen LogP contribution in [0.1, 0.15) is 51.9 Å². The zero-order valence-electron chi connectivity index (χ0n) is 14.0. The Morgan fingerprint density at radius 3 is 2.62 bits per heavy atom. The number of benzene rings is 1. The summed E-state index contributed by atoms with van der Waals surface area (Å²) in [5.74, 6) is -0.655. The normalized spacial score (nSPS) is 16.2. The number of carbonyl (C=O) groups excluding carboxylic acids is 2. The second-order valence-corrected chi connectivity index (χ2v) is 6.27. The van der Waals surface area contributed by atoms with Crippen LogP contribution < -0.4 is 15.6 Å². The first-order valence-electron chi connectivity index (χ1n) is 8.56. The summed E-state index contributed by atoms with van der Waals surface area (Å²) < 4.78 is 18.7. The van der Waals surface area contributed by atoms with E-state index in [-0.39, 0.29) is 11.7 Å². The Balaban J connectivity index is 1.67. The average molecular weight is 336 g/mol. The molecule has 2 N–H and O–H groups in total. The molecular formula is C18H25FN2O3. The van der Waals surface area contributed by atoms with Crippen LogP contribution in [0.4, 0.5) is 4.39 Å². The van der Waals surface area contributed by atoms with Crippen LogP contribution in [0.5, 0.6) is 5.75 Å². The highest BCUT2D eigenvalue weighted by Gasteiger charge is 2.18. The summed E-state index contributed by atoms with van der Waals surface area (Å²) in [4.78, 5) is 23.7. The minimum absolute atomic E-state index is 0.00350. The summed E-state index contributed by atoms with van der Waals surface area (Å²) in [7, 11) is 0. The van der Waals surface area contributed by atoms with Gasteiger partial charge in [-0.2, -0.15) is 0 Å². The first-order valence-corrected chi connectivity index (χ1v) is 8.56. The molecule has 0 spiro atoms. The number of para-hydroxylation sites is 1. The van der Waals surface area contributed by atoms with Gasteiger partial charge in [-0.05, 0) is 31.4 Å². The van der Waals surface area contributed by atoms with E-state index in [1.807, 2.05) is 0 Å². The molecule has 1 aromatic carbocycles. The molecule has 0 heterocycles. The van der Waals surface area contributed by atoms with Gasteiger partial charge in [0.2, 0.25) is 5.91 Å². The van der Waals surface area contributed by atoms with Crippen LogP contribution in [-0.4, -0.2) is 17.9 Å². The van der Waals surface area contributed by atoms with Crippen molar-refractivity contribution in [3.8, 4) is 5.75 Å².